The largest absolute Gasteiger partial charge is 0.339 e. The highest BCUT2D eigenvalue weighted by Gasteiger charge is 2.29. The van der Waals surface area contributed by atoms with Crippen LogP contribution in [0.2, 0.25) is 0 Å². The third kappa shape index (κ3) is 10.2. The summed E-state index contributed by atoms with van der Waals surface area (Å²) in [6, 6.07) is 21.5. The summed E-state index contributed by atoms with van der Waals surface area (Å²) in [5.74, 6) is 1.63. The van der Waals surface area contributed by atoms with E-state index in [0.717, 1.165) is 113 Å². The Morgan fingerprint density at radius 1 is 0.448 bits per heavy atom. The van der Waals surface area contributed by atoms with Gasteiger partial charge in [-0.2, -0.15) is 0 Å². The van der Waals surface area contributed by atoms with Crippen LogP contribution in [0.15, 0.2) is 60.7 Å². The molecule has 0 saturated carbocycles. The van der Waals surface area contributed by atoms with E-state index in [0.29, 0.717) is 11.8 Å². The highest BCUT2D eigenvalue weighted by atomic mass is 35.5. The quantitative estimate of drug-likeness (QED) is 0.178. The number of rotatable bonds is 8. The third-order valence-electron chi connectivity index (χ3n) is 13.7. The fourth-order valence-electron chi connectivity index (χ4n) is 9.40. The van der Waals surface area contributed by atoms with E-state index in [2.05, 4.69) is 124 Å². The molecule has 0 aromatic heterocycles. The van der Waals surface area contributed by atoms with Crippen molar-refractivity contribution in [3.05, 3.63) is 116 Å². The molecule has 3 saturated heterocycles. The lowest BCUT2D eigenvalue weighted by molar-refractivity contribution is 0.0565. The molecule has 0 spiro atoms. The molecule has 0 N–H and O–H groups in total. The Balaban J connectivity index is 0.00000320. The zero-order valence-electron chi connectivity index (χ0n) is 36.2. The first-order valence-corrected chi connectivity index (χ1v) is 21.3. The van der Waals surface area contributed by atoms with Gasteiger partial charge < -0.3 is 19.6 Å². The summed E-state index contributed by atoms with van der Waals surface area (Å²) in [4.78, 5) is 36.9. The number of halogens is 2. The van der Waals surface area contributed by atoms with Crippen molar-refractivity contribution in [3.63, 3.8) is 0 Å². The molecule has 2 amide bonds. The van der Waals surface area contributed by atoms with Gasteiger partial charge in [0.05, 0.1) is 0 Å². The van der Waals surface area contributed by atoms with Gasteiger partial charge in [-0.15, -0.1) is 24.8 Å². The van der Waals surface area contributed by atoms with Crippen molar-refractivity contribution in [2.24, 2.45) is 11.8 Å². The number of amides is 2. The van der Waals surface area contributed by atoms with Gasteiger partial charge in [-0.3, -0.25) is 9.59 Å². The summed E-state index contributed by atoms with van der Waals surface area (Å²) in [5, 5.41) is 0. The fraction of sp³-hybridized carbons (Fsp3) is 0.480. The predicted octanol–water partition coefficient (Wildman–Crippen LogP) is 10.4. The number of nitrogens with zero attached hydrogens (tertiary/aromatic N) is 4. The third-order valence-corrected chi connectivity index (χ3v) is 13.7. The molecule has 4 aromatic rings. The SMILES string of the molecule is Cc1ccc(C(=O)N2CCC(CN3CCN(CC4CCN(C(=O)c5ccc(C)c(-c6cc(C)c(C)c(C)c6)c5)CC4)CC3)CC2)cc1-c1cc(C)c(C)c(C)c1.Cl.Cl. The second-order valence-corrected chi connectivity index (χ2v) is 17.6. The first-order valence-electron chi connectivity index (χ1n) is 21.3. The van der Waals surface area contributed by atoms with E-state index < -0.39 is 0 Å². The predicted molar refractivity (Wildman–Crippen MR) is 246 cm³/mol. The van der Waals surface area contributed by atoms with Crippen molar-refractivity contribution in [1.29, 1.82) is 0 Å². The Morgan fingerprint density at radius 2 is 0.759 bits per heavy atom. The van der Waals surface area contributed by atoms with Crippen LogP contribution in [0.1, 0.15) is 90.9 Å². The molecule has 7 rings (SSSR count). The second kappa shape index (κ2) is 19.6. The number of piperidine rings is 2. The molecule has 3 aliphatic rings. The number of piperazine rings is 1. The maximum absolute atomic E-state index is 13.7. The maximum atomic E-state index is 13.7. The van der Waals surface area contributed by atoms with E-state index in [-0.39, 0.29) is 36.6 Å². The van der Waals surface area contributed by atoms with E-state index in [9.17, 15) is 9.59 Å². The number of carbonyl (C=O) groups is 2. The molecule has 8 heteroatoms. The molecular weight excluding hydrogens is 759 g/mol. The zero-order chi connectivity index (χ0) is 39.7. The van der Waals surface area contributed by atoms with E-state index in [1.54, 1.807) is 0 Å². The number of hydrogen-bond acceptors (Lipinski definition) is 4. The van der Waals surface area contributed by atoms with E-state index in [4.69, 9.17) is 0 Å². The highest BCUT2D eigenvalue weighted by Crippen LogP contribution is 2.32. The number of aryl methyl sites for hydroxylation is 6. The Hall–Kier alpha value is -3.68. The van der Waals surface area contributed by atoms with Crippen molar-refractivity contribution in [3.8, 4) is 22.3 Å². The lowest BCUT2D eigenvalue weighted by atomic mass is 9.92. The van der Waals surface area contributed by atoms with Crippen LogP contribution in [0.25, 0.3) is 22.3 Å². The van der Waals surface area contributed by atoms with Crippen molar-refractivity contribution in [2.75, 3.05) is 65.4 Å². The zero-order valence-corrected chi connectivity index (χ0v) is 37.9. The average Bonchev–Trinajstić information content (AvgIpc) is 3.20. The molecule has 0 bridgehead atoms. The van der Waals surface area contributed by atoms with Gasteiger partial charge in [0.25, 0.3) is 11.8 Å². The molecule has 6 nitrogen and oxygen atoms in total. The van der Waals surface area contributed by atoms with Crippen LogP contribution < -0.4 is 0 Å². The molecule has 0 atom stereocenters. The summed E-state index contributed by atoms with van der Waals surface area (Å²) >= 11 is 0. The topological polar surface area (TPSA) is 47.1 Å². The number of carbonyl (C=O) groups excluding carboxylic acids is 2. The standard InChI is InChI=1S/C50H64N4O2.2ClH/c1-33-9-11-43(29-47(33)45-25-35(3)39(7)36(4)26-45)49(55)53-17-13-41(14-18-53)31-51-21-23-52(24-22-51)32-42-15-19-54(20-16-42)50(56)44-12-10-34(2)48(30-44)46-27-37(5)40(8)38(6)28-46;;/h9-12,25-30,41-42H,13-24,31-32H2,1-8H3;2*1H. The molecule has 3 aliphatic heterocycles. The van der Waals surface area contributed by atoms with Crippen molar-refractivity contribution >= 4 is 36.6 Å². The van der Waals surface area contributed by atoms with Gasteiger partial charge in [0.1, 0.15) is 0 Å². The monoisotopic (exact) mass is 824 g/mol. The van der Waals surface area contributed by atoms with Gasteiger partial charge in [0.15, 0.2) is 0 Å². The minimum atomic E-state index is 0. The second-order valence-electron chi connectivity index (χ2n) is 17.6. The minimum absolute atomic E-state index is 0. The van der Waals surface area contributed by atoms with Gasteiger partial charge in [-0.05, 0) is 184 Å². The average molecular weight is 826 g/mol. The Morgan fingerprint density at radius 3 is 1.07 bits per heavy atom. The number of likely N-dealkylation sites (tertiary alicyclic amines) is 2. The van der Waals surface area contributed by atoms with Gasteiger partial charge in [0.2, 0.25) is 0 Å². The van der Waals surface area contributed by atoms with Gasteiger partial charge >= 0.3 is 0 Å². The first-order chi connectivity index (χ1) is 26.8. The van der Waals surface area contributed by atoms with E-state index in [1.807, 2.05) is 12.1 Å². The normalized spacial score (nSPS) is 17.2. The van der Waals surface area contributed by atoms with Crippen LogP contribution in [-0.4, -0.2) is 96.9 Å². The van der Waals surface area contributed by atoms with Gasteiger partial charge in [0, 0.05) is 76.6 Å². The van der Waals surface area contributed by atoms with Crippen molar-refractivity contribution in [1.82, 2.24) is 19.6 Å². The number of hydrogen-bond donors (Lipinski definition) is 0. The molecule has 3 fully saturated rings. The van der Waals surface area contributed by atoms with Crippen LogP contribution in [0, 0.1) is 67.2 Å². The maximum Gasteiger partial charge on any atom is 0.253 e. The van der Waals surface area contributed by atoms with Crippen LogP contribution in [0.3, 0.4) is 0 Å². The van der Waals surface area contributed by atoms with Crippen LogP contribution in [0.5, 0.6) is 0 Å². The summed E-state index contributed by atoms with van der Waals surface area (Å²) in [7, 11) is 0. The molecule has 0 radical (unpaired) electrons. The van der Waals surface area contributed by atoms with Crippen LogP contribution in [-0.2, 0) is 0 Å². The smallest absolute Gasteiger partial charge is 0.253 e. The molecule has 0 unspecified atom stereocenters. The minimum Gasteiger partial charge on any atom is -0.339 e. The first kappa shape index (κ1) is 45.4. The Kier molecular flexibility index (Phi) is 15.3. The fourth-order valence-corrected chi connectivity index (χ4v) is 9.40. The van der Waals surface area contributed by atoms with Crippen molar-refractivity contribution in [2.45, 2.75) is 81.1 Å². The highest BCUT2D eigenvalue weighted by molar-refractivity contribution is 5.96. The van der Waals surface area contributed by atoms with E-state index >= 15 is 0 Å². The summed E-state index contributed by atoms with van der Waals surface area (Å²) in [5.41, 5.74) is 16.6. The van der Waals surface area contributed by atoms with Crippen LogP contribution >= 0.6 is 24.8 Å². The van der Waals surface area contributed by atoms with E-state index in [1.165, 1.54) is 55.6 Å². The molecule has 312 valence electrons. The number of benzene rings is 4. The van der Waals surface area contributed by atoms with Gasteiger partial charge in [-0.25, -0.2) is 0 Å². The Bertz CT molecular complexity index is 1890. The molecular formula is C50H66Cl2N4O2. The lowest BCUT2D eigenvalue weighted by Crippen LogP contribution is -2.50. The molecule has 58 heavy (non-hydrogen) atoms. The Labute approximate surface area is 361 Å². The van der Waals surface area contributed by atoms with Gasteiger partial charge in [-0.1, -0.05) is 36.4 Å². The molecule has 0 aliphatic carbocycles. The summed E-state index contributed by atoms with van der Waals surface area (Å²) < 4.78 is 0. The summed E-state index contributed by atoms with van der Waals surface area (Å²) in [6.45, 7) is 27.5. The lowest BCUT2D eigenvalue weighted by Gasteiger charge is -2.41. The van der Waals surface area contributed by atoms with Crippen molar-refractivity contribution < 1.29 is 9.59 Å². The summed E-state index contributed by atoms with van der Waals surface area (Å²) in [6.07, 6.45) is 4.31. The molecule has 4 aromatic carbocycles. The van der Waals surface area contributed by atoms with Crippen LogP contribution in [0.4, 0.5) is 0 Å². The molecule has 3 heterocycles.